The molecule has 0 aliphatic rings. The van der Waals surface area contributed by atoms with Crippen molar-refractivity contribution in [2.75, 3.05) is 17.6 Å². The lowest BCUT2D eigenvalue weighted by atomic mass is 10.2. The van der Waals surface area contributed by atoms with Gasteiger partial charge in [-0.15, -0.1) is 0 Å². The smallest absolute Gasteiger partial charge is 0.319 e. The number of hydrogen-bond acceptors (Lipinski definition) is 5. The number of nitrogens with zero attached hydrogens (tertiary/aromatic N) is 4. The van der Waals surface area contributed by atoms with Crippen LogP contribution in [0.4, 0.5) is 16.3 Å². The number of anilines is 2. The zero-order valence-corrected chi connectivity index (χ0v) is 13.9. The first-order valence-corrected chi connectivity index (χ1v) is 7.96. The standard InChI is InChI=1S/C18H17N7O/c19-11-13-12-23-25(17(13)20)16-6-4-15(5-7-16)24-18(26)22-10-8-14-3-1-2-9-21-14/h1-7,9,12H,8,10,20H2,(H2,22,24,26). The molecule has 2 heterocycles. The molecule has 3 rings (SSSR count). The number of urea groups is 1. The lowest BCUT2D eigenvalue weighted by molar-refractivity contribution is 0.252. The van der Waals surface area contributed by atoms with Crippen molar-refractivity contribution in [1.82, 2.24) is 20.1 Å². The van der Waals surface area contributed by atoms with E-state index in [0.29, 0.717) is 29.9 Å². The zero-order chi connectivity index (χ0) is 18.4. The van der Waals surface area contributed by atoms with E-state index >= 15 is 0 Å². The molecule has 3 aromatic rings. The number of hydrogen-bond donors (Lipinski definition) is 3. The summed E-state index contributed by atoms with van der Waals surface area (Å²) in [6.07, 6.45) is 3.80. The predicted molar refractivity (Wildman–Crippen MR) is 97.7 cm³/mol. The molecular weight excluding hydrogens is 330 g/mol. The summed E-state index contributed by atoms with van der Waals surface area (Å²) >= 11 is 0. The van der Waals surface area contributed by atoms with Gasteiger partial charge in [-0.2, -0.15) is 10.4 Å². The molecule has 2 amide bonds. The van der Waals surface area contributed by atoms with E-state index in [1.54, 1.807) is 30.5 Å². The number of aromatic nitrogens is 3. The minimum Gasteiger partial charge on any atom is -0.382 e. The van der Waals surface area contributed by atoms with Crippen LogP contribution in [-0.4, -0.2) is 27.3 Å². The Morgan fingerprint density at radius 1 is 1.23 bits per heavy atom. The molecule has 0 fully saturated rings. The average Bonchev–Trinajstić information content (AvgIpc) is 3.04. The van der Waals surface area contributed by atoms with Crippen LogP contribution in [0.1, 0.15) is 11.3 Å². The van der Waals surface area contributed by atoms with E-state index in [9.17, 15) is 4.79 Å². The van der Waals surface area contributed by atoms with E-state index in [0.717, 1.165) is 5.69 Å². The van der Waals surface area contributed by atoms with Crippen LogP contribution in [0.25, 0.3) is 5.69 Å². The molecule has 0 bridgehead atoms. The van der Waals surface area contributed by atoms with Gasteiger partial charge in [-0.1, -0.05) is 6.07 Å². The Balaban J connectivity index is 1.54. The van der Waals surface area contributed by atoms with Crippen molar-refractivity contribution in [3.63, 3.8) is 0 Å². The number of amides is 2. The van der Waals surface area contributed by atoms with Crippen LogP contribution in [0.15, 0.2) is 54.9 Å². The number of nitrogens with one attached hydrogen (secondary N) is 2. The highest BCUT2D eigenvalue weighted by Gasteiger charge is 2.08. The van der Waals surface area contributed by atoms with Gasteiger partial charge in [-0.3, -0.25) is 4.98 Å². The van der Waals surface area contributed by atoms with Gasteiger partial charge in [-0.25, -0.2) is 9.48 Å². The Morgan fingerprint density at radius 2 is 2.04 bits per heavy atom. The Morgan fingerprint density at radius 3 is 2.69 bits per heavy atom. The van der Waals surface area contributed by atoms with Gasteiger partial charge in [0.2, 0.25) is 0 Å². The molecule has 0 atom stereocenters. The van der Waals surface area contributed by atoms with Crippen molar-refractivity contribution >= 4 is 17.5 Å². The first-order chi connectivity index (χ1) is 12.7. The maximum Gasteiger partial charge on any atom is 0.319 e. The normalized spacial score (nSPS) is 10.1. The molecule has 0 radical (unpaired) electrons. The summed E-state index contributed by atoms with van der Waals surface area (Å²) in [7, 11) is 0. The molecule has 0 saturated heterocycles. The summed E-state index contributed by atoms with van der Waals surface area (Å²) in [6.45, 7) is 0.488. The average molecular weight is 347 g/mol. The van der Waals surface area contributed by atoms with Gasteiger partial charge >= 0.3 is 6.03 Å². The van der Waals surface area contributed by atoms with Gasteiger partial charge in [0.15, 0.2) is 0 Å². The molecule has 130 valence electrons. The number of carbonyl (C=O) groups excluding carboxylic acids is 1. The summed E-state index contributed by atoms with van der Waals surface area (Å²) < 4.78 is 1.47. The van der Waals surface area contributed by atoms with Gasteiger partial charge in [0.25, 0.3) is 0 Å². The second-order valence-corrected chi connectivity index (χ2v) is 5.47. The highest BCUT2D eigenvalue weighted by molar-refractivity contribution is 5.89. The fraction of sp³-hybridized carbons (Fsp3) is 0.111. The van der Waals surface area contributed by atoms with Crippen molar-refractivity contribution in [1.29, 1.82) is 5.26 Å². The van der Waals surface area contributed by atoms with Crippen LogP contribution >= 0.6 is 0 Å². The first-order valence-electron chi connectivity index (χ1n) is 7.96. The van der Waals surface area contributed by atoms with E-state index in [-0.39, 0.29) is 11.8 Å². The Kier molecular flexibility index (Phi) is 5.10. The number of benzene rings is 1. The van der Waals surface area contributed by atoms with Crippen molar-refractivity contribution in [3.8, 4) is 11.8 Å². The minimum absolute atomic E-state index is 0.278. The molecule has 0 spiro atoms. The second kappa shape index (κ2) is 7.81. The molecular formula is C18H17N7O. The molecule has 26 heavy (non-hydrogen) atoms. The third-order valence-electron chi connectivity index (χ3n) is 3.69. The number of pyridine rings is 1. The van der Waals surface area contributed by atoms with Crippen molar-refractivity contribution in [2.45, 2.75) is 6.42 Å². The Bertz CT molecular complexity index is 926. The molecule has 0 unspecified atom stereocenters. The van der Waals surface area contributed by atoms with Crippen LogP contribution < -0.4 is 16.4 Å². The second-order valence-electron chi connectivity index (χ2n) is 5.47. The highest BCUT2D eigenvalue weighted by Crippen LogP contribution is 2.18. The number of nitrogens with two attached hydrogens (primary N) is 1. The van der Waals surface area contributed by atoms with Gasteiger partial charge in [0, 0.05) is 30.5 Å². The fourth-order valence-corrected chi connectivity index (χ4v) is 2.36. The lowest BCUT2D eigenvalue weighted by Gasteiger charge is -2.09. The van der Waals surface area contributed by atoms with E-state index in [4.69, 9.17) is 11.0 Å². The van der Waals surface area contributed by atoms with E-state index < -0.39 is 0 Å². The third-order valence-corrected chi connectivity index (χ3v) is 3.69. The number of carbonyl (C=O) groups is 1. The fourth-order valence-electron chi connectivity index (χ4n) is 2.36. The minimum atomic E-state index is -0.293. The van der Waals surface area contributed by atoms with Gasteiger partial charge < -0.3 is 16.4 Å². The summed E-state index contributed by atoms with van der Waals surface area (Å²) in [6, 6.07) is 14.4. The lowest BCUT2D eigenvalue weighted by Crippen LogP contribution is -2.30. The maximum atomic E-state index is 11.9. The molecule has 4 N–H and O–H groups in total. The van der Waals surface area contributed by atoms with Gasteiger partial charge in [0.05, 0.1) is 11.9 Å². The SMILES string of the molecule is N#Cc1cnn(-c2ccc(NC(=O)NCCc3ccccn3)cc2)c1N. The van der Waals surface area contributed by atoms with Gasteiger partial charge in [0.1, 0.15) is 17.5 Å². The quantitative estimate of drug-likeness (QED) is 0.652. The van der Waals surface area contributed by atoms with Crippen LogP contribution in [-0.2, 0) is 6.42 Å². The first kappa shape index (κ1) is 17.0. The maximum absolute atomic E-state index is 11.9. The molecule has 8 nitrogen and oxygen atoms in total. The van der Waals surface area contributed by atoms with E-state index in [2.05, 4.69) is 20.7 Å². The predicted octanol–water partition coefficient (Wildman–Crippen LogP) is 2.09. The summed E-state index contributed by atoms with van der Waals surface area (Å²) in [5, 5.41) is 18.5. The van der Waals surface area contributed by atoms with Crippen LogP contribution in [0.5, 0.6) is 0 Å². The summed E-state index contributed by atoms with van der Waals surface area (Å²) in [5.74, 6) is 0.278. The number of rotatable bonds is 5. The summed E-state index contributed by atoms with van der Waals surface area (Å²) in [4.78, 5) is 16.1. The molecule has 1 aromatic carbocycles. The van der Waals surface area contributed by atoms with Gasteiger partial charge in [-0.05, 0) is 36.4 Å². The molecule has 0 aliphatic carbocycles. The molecule has 2 aromatic heterocycles. The Labute approximate surface area is 150 Å². The van der Waals surface area contributed by atoms with Crippen molar-refractivity contribution in [3.05, 3.63) is 66.1 Å². The number of nitriles is 1. The summed E-state index contributed by atoms with van der Waals surface area (Å²) in [5.41, 5.74) is 8.44. The monoisotopic (exact) mass is 347 g/mol. The topological polar surface area (TPSA) is 122 Å². The molecule has 8 heteroatoms. The highest BCUT2D eigenvalue weighted by atomic mass is 16.2. The molecule has 0 saturated carbocycles. The molecule has 0 aliphatic heterocycles. The third kappa shape index (κ3) is 3.96. The van der Waals surface area contributed by atoms with Crippen LogP contribution in [0.2, 0.25) is 0 Å². The van der Waals surface area contributed by atoms with Crippen LogP contribution in [0.3, 0.4) is 0 Å². The van der Waals surface area contributed by atoms with Crippen LogP contribution in [0, 0.1) is 11.3 Å². The number of nitrogen functional groups attached to an aromatic ring is 1. The van der Waals surface area contributed by atoms with Crippen molar-refractivity contribution in [2.24, 2.45) is 0 Å². The van der Waals surface area contributed by atoms with E-state index in [1.165, 1.54) is 10.9 Å². The largest absolute Gasteiger partial charge is 0.382 e. The van der Waals surface area contributed by atoms with Crippen molar-refractivity contribution < 1.29 is 4.79 Å². The Hall–Kier alpha value is -3.86. The zero-order valence-electron chi connectivity index (χ0n) is 13.9. The van der Waals surface area contributed by atoms with E-state index in [1.807, 2.05) is 24.3 Å².